The van der Waals surface area contributed by atoms with Crippen LogP contribution in [0.3, 0.4) is 0 Å². The largest absolute Gasteiger partial charge is 0.336 e. The predicted octanol–water partition coefficient (Wildman–Crippen LogP) is 10.2. The summed E-state index contributed by atoms with van der Waals surface area (Å²) in [6.07, 6.45) is 24.5. The molecule has 2 heterocycles. The molecule has 2 aliphatic heterocycles. The van der Waals surface area contributed by atoms with Crippen LogP contribution in [0.2, 0.25) is 0 Å². The van der Waals surface area contributed by atoms with Crippen molar-refractivity contribution in [3.05, 3.63) is 0 Å². The molecule has 0 radical (unpaired) electrons. The summed E-state index contributed by atoms with van der Waals surface area (Å²) in [6, 6.07) is 0.391. The molecule has 6 heteroatoms. The highest BCUT2D eigenvalue weighted by Crippen LogP contribution is 2.45. The van der Waals surface area contributed by atoms with E-state index in [1.807, 2.05) is 0 Å². The molecular weight excluding hydrogens is 546 g/mol. The van der Waals surface area contributed by atoms with Crippen LogP contribution in [0, 0.1) is 0 Å². The predicted molar refractivity (Wildman–Crippen MR) is 186 cm³/mol. The van der Waals surface area contributed by atoms with Crippen molar-refractivity contribution < 1.29 is 14.5 Å². The first-order chi connectivity index (χ1) is 20.6. The third-order valence-electron chi connectivity index (χ3n) is 10.6. The van der Waals surface area contributed by atoms with Gasteiger partial charge in [-0.15, -0.1) is 0 Å². The van der Waals surface area contributed by atoms with Crippen molar-refractivity contribution in [2.45, 2.75) is 225 Å². The minimum Gasteiger partial charge on any atom is -0.336 e. The molecule has 0 N–H and O–H groups in total. The van der Waals surface area contributed by atoms with Crippen LogP contribution in [-0.4, -0.2) is 69.4 Å². The highest BCUT2D eigenvalue weighted by molar-refractivity contribution is 5.77. The Morgan fingerprint density at radius 3 is 1.09 bits per heavy atom. The molecule has 0 saturated carbocycles. The maximum Gasteiger partial charge on any atom is 0.223 e. The number of rotatable bonds is 20. The van der Waals surface area contributed by atoms with E-state index in [1.54, 1.807) is 14.2 Å². The number of carbonyl (C=O) groups excluding carboxylic acids is 1. The molecule has 2 aliphatic rings. The van der Waals surface area contributed by atoms with Crippen molar-refractivity contribution in [1.82, 2.24) is 15.0 Å². The molecule has 0 bridgehead atoms. The van der Waals surface area contributed by atoms with Gasteiger partial charge in [0.05, 0.1) is 14.2 Å². The summed E-state index contributed by atoms with van der Waals surface area (Å²) >= 11 is 0. The third kappa shape index (κ3) is 11.5. The van der Waals surface area contributed by atoms with Crippen LogP contribution in [-0.2, 0) is 14.5 Å². The van der Waals surface area contributed by atoms with E-state index in [9.17, 15) is 4.79 Å². The molecule has 0 spiro atoms. The van der Waals surface area contributed by atoms with Gasteiger partial charge in [0.25, 0.3) is 0 Å². The van der Waals surface area contributed by atoms with E-state index in [2.05, 4.69) is 77.3 Å². The van der Waals surface area contributed by atoms with E-state index >= 15 is 0 Å². The van der Waals surface area contributed by atoms with Gasteiger partial charge in [0.2, 0.25) is 5.91 Å². The normalized spacial score (nSPS) is 22.3. The maximum absolute atomic E-state index is 14.3. The number of unbranched alkanes of at least 4 members (excludes halogenated alkanes) is 14. The molecule has 0 aliphatic carbocycles. The second-order valence-electron chi connectivity index (χ2n) is 16.8. The van der Waals surface area contributed by atoms with Gasteiger partial charge in [-0.25, -0.2) is 0 Å². The Bertz CT molecular complexity index is 744. The van der Waals surface area contributed by atoms with Gasteiger partial charge in [0, 0.05) is 40.7 Å². The molecule has 0 atom stereocenters. The zero-order valence-electron chi connectivity index (χ0n) is 31.4. The average molecular weight is 622 g/mol. The molecular formula is C38H75N3O3. The third-order valence-corrected chi connectivity index (χ3v) is 10.6. The fourth-order valence-electron chi connectivity index (χ4n) is 9.29. The number of nitrogens with zero attached hydrogens (tertiary/aromatic N) is 3. The second kappa shape index (κ2) is 18.0. The van der Waals surface area contributed by atoms with Gasteiger partial charge in [0.1, 0.15) is 0 Å². The second-order valence-corrected chi connectivity index (χ2v) is 16.8. The first-order valence-corrected chi connectivity index (χ1v) is 18.6. The fraction of sp³-hybridized carbons (Fsp3) is 0.974. The summed E-state index contributed by atoms with van der Waals surface area (Å²) < 4.78 is 0. The molecule has 0 unspecified atom stereocenters. The first kappa shape index (κ1) is 39.5. The molecule has 260 valence electrons. The summed E-state index contributed by atoms with van der Waals surface area (Å²) in [7, 11) is 3.57. The Labute approximate surface area is 274 Å². The standard InChI is InChI=1S/C38H75N3O3/c1-12-13-14-15-16-17-18-19-20-21-22-23-24-25-26-27-34(42)39(32-28-35(2,3)40(43-10)36(4,5)29-32)33-30-37(6,7)41(44-11)38(8,9)31-33/h32-33H,12-31H2,1-11H3. The van der Waals surface area contributed by atoms with Crippen molar-refractivity contribution in [3.63, 3.8) is 0 Å². The van der Waals surface area contributed by atoms with Crippen LogP contribution in [0.25, 0.3) is 0 Å². The monoisotopic (exact) mass is 622 g/mol. The van der Waals surface area contributed by atoms with E-state index in [4.69, 9.17) is 9.68 Å². The minimum atomic E-state index is -0.160. The van der Waals surface area contributed by atoms with Gasteiger partial charge in [0.15, 0.2) is 0 Å². The lowest BCUT2D eigenvalue weighted by Crippen LogP contribution is -2.68. The number of hydroxylamine groups is 4. The Kier molecular flexibility index (Phi) is 16.2. The van der Waals surface area contributed by atoms with Gasteiger partial charge in [-0.05, 0) is 87.5 Å². The van der Waals surface area contributed by atoms with Gasteiger partial charge < -0.3 is 14.6 Å². The van der Waals surface area contributed by atoms with E-state index in [0.29, 0.717) is 12.3 Å². The molecule has 0 aromatic rings. The van der Waals surface area contributed by atoms with Crippen LogP contribution in [0.15, 0.2) is 0 Å². The first-order valence-electron chi connectivity index (χ1n) is 18.6. The topological polar surface area (TPSA) is 45.2 Å². The lowest BCUT2D eigenvalue weighted by atomic mass is 9.74. The molecule has 2 saturated heterocycles. The summed E-state index contributed by atoms with van der Waals surface area (Å²) in [6.45, 7) is 20.4. The molecule has 44 heavy (non-hydrogen) atoms. The summed E-state index contributed by atoms with van der Waals surface area (Å²) in [5, 5.41) is 4.32. The SMILES string of the molecule is CCCCCCCCCCCCCCCCCC(=O)N(C1CC(C)(C)N(OC)C(C)(C)C1)C1CC(C)(C)N(OC)C(C)(C)C1. The number of piperidine rings is 2. The summed E-state index contributed by atoms with van der Waals surface area (Å²) in [5.41, 5.74) is -0.640. The van der Waals surface area contributed by atoms with Gasteiger partial charge in [-0.1, -0.05) is 96.8 Å². The van der Waals surface area contributed by atoms with Gasteiger partial charge in [-0.2, -0.15) is 10.1 Å². The minimum absolute atomic E-state index is 0.160. The average Bonchev–Trinajstić information content (AvgIpc) is 2.88. The van der Waals surface area contributed by atoms with Crippen LogP contribution in [0.5, 0.6) is 0 Å². The van der Waals surface area contributed by atoms with Crippen LogP contribution in [0.4, 0.5) is 0 Å². The number of amides is 1. The Morgan fingerprint density at radius 1 is 0.545 bits per heavy atom. The molecule has 0 aromatic heterocycles. The van der Waals surface area contributed by atoms with Crippen molar-refractivity contribution in [3.8, 4) is 0 Å². The Balaban J connectivity index is 1.92. The van der Waals surface area contributed by atoms with Gasteiger partial charge >= 0.3 is 0 Å². The van der Waals surface area contributed by atoms with Crippen LogP contribution >= 0.6 is 0 Å². The zero-order valence-corrected chi connectivity index (χ0v) is 31.4. The number of hydrogen-bond donors (Lipinski definition) is 0. The van der Waals surface area contributed by atoms with E-state index in [1.165, 1.54) is 83.5 Å². The maximum atomic E-state index is 14.3. The summed E-state index contributed by atoms with van der Waals surface area (Å²) in [5.74, 6) is 0.352. The van der Waals surface area contributed by atoms with Crippen LogP contribution < -0.4 is 0 Å². The Hall–Kier alpha value is -0.690. The van der Waals surface area contributed by atoms with Crippen molar-refractivity contribution in [2.24, 2.45) is 0 Å². The highest BCUT2D eigenvalue weighted by atomic mass is 16.7. The highest BCUT2D eigenvalue weighted by Gasteiger charge is 2.53. The van der Waals surface area contributed by atoms with E-state index in [0.717, 1.165) is 38.5 Å². The molecule has 0 aromatic carbocycles. The molecule has 2 rings (SSSR count). The molecule has 1 amide bonds. The summed E-state index contributed by atoms with van der Waals surface area (Å²) in [4.78, 5) is 28.5. The zero-order chi connectivity index (χ0) is 33.0. The van der Waals surface area contributed by atoms with Crippen molar-refractivity contribution in [2.75, 3.05) is 14.2 Å². The lowest BCUT2D eigenvalue weighted by molar-refractivity contribution is -0.283. The molecule has 6 nitrogen and oxygen atoms in total. The van der Waals surface area contributed by atoms with Crippen molar-refractivity contribution >= 4 is 5.91 Å². The van der Waals surface area contributed by atoms with E-state index < -0.39 is 0 Å². The van der Waals surface area contributed by atoms with Gasteiger partial charge in [-0.3, -0.25) is 4.79 Å². The number of carbonyl (C=O) groups is 1. The Morgan fingerprint density at radius 2 is 0.818 bits per heavy atom. The smallest absolute Gasteiger partial charge is 0.223 e. The van der Waals surface area contributed by atoms with Crippen molar-refractivity contribution in [1.29, 1.82) is 0 Å². The van der Waals surface area contributed by atoms with E-state index in [-0.39, 0.29) is 34.2 Å². The molecule has 2 fully saturated rings. The lowest BCUT2D eigenvalue weighted by Gasteiger charge is -2.59. The van der Waals surface area contributed by atoms with Crippen LogP contribution in [0.1, 0.15) is 191 Å². The fourth-order valence-corrected chi connectivity index (χ4v) is 9.29. The number of hydrogen-bond acceptors (Lipinski definition) is 5. The quantitative estimate of drug-likeness (QED) is 0.127.